The SMILES string of the molecule is CC.COC(=O)C(CSC=O)NC(C)=O.Cc1ccccc1OC(=O)c1ccccc1O. The highest BCUT2D eigenvalue weighted by Crippen LogP contribution is 2.21. The van der Waals surface area contributed by atoms with Crippen molar-refractivity contribution in [2.24, 2.45) is 0 Å². The van der Waals surface area contributed by atoms with Crippen molar-refractivity contribution in [1.82, 2.24) is 5.32 Å². The fourth-order valence-electron chi connectivity index (χ4n) is 2.16. The summed E-state index contributed by atoms with van der Waals surface area (Å²) in [6.07, 6.45) is 0. The van der Waals surface area contributed by atoms with E-state index >= 15 is 0 Å². The van der Waals surface area contributed by atoms with Crippen molar-refractivity contribution < 1.29 is 33.8 Å². The van der Waals surface area contributed by atoms with Gasteiger partial charge in [-0.2, -0.15) is 0 Å². The van der Waals surface area contributed by atoms with Gasteiger partial charge >= 0.3 is 11.9 Å². The molecule has 0 aromatic heterocycles. The van der Waals surface area contributed by atoms with Crippen molar-refractivity contribution in [3.05, 3.63) is 59.7 Å². The van der Waals surface area contributed by atoms with E-state index in [1.807, 2.05) is 32.9 Å². The van der Waals surface area contributed by atoms with E-state index in [1.165, 1.54) is 26.2 Å². The van der Waals surface area contributed by atoms with Crippen molar-refractivity contribution in [3.63, 3.8) is 0 Å². The molecule has 1 unspecified atom stereocenters. The zero-order valence-corrected chi connectivity index (χ0v) is 19.6. The second-order valence-corrected chi connectivity index (χ2v) is 6.74. The number of aryl methyl sites for hydroxylation is 1. The molecule has 1 amide bonds. The monoisotopic (exact) mass is 463 g/mol. The minimum absolute atomic E-state index is 0.0777. The molecular weight excluding hydrogens is 434 g/mol. The van der Waals surface area contributed by atoms with Crippen LogP contribution in [0.1, 0.15) is 36.7 Å². The van der Waals surface area contributed by atoms with E-state index in [9.17, 15) is 24.3 Å². The summed E-state index contributed by atoms with van der Waals surface area (Å²) < 4.78 is 9.64. The Bertz CT molecular complexity index is 886. The van der Waals surface area contributed by atoms with Gasteiger partial charge in [-0.3, -0.25) is 9.59 Å². The summed E-state index contributed by atoms with van der Waals surface area (Å²) in [5.41, 5.74) is 1.64. The van der Waals surface area contributed by atoms with Crippen LogP contribution in [0.2, 0.25) is 0 Å². The Morgan fingerprint density at radius 2 is 1.69 bits per heavy atom. The molecule has 2 aromatic rings. The van der Waals surface area contributed by atoms with Crippen molar-refractivity contribution in [3.8, 4) is 11.5 Å². The third-order valence-corrected chi connectivity index (χ3v) is 4.28. The van der Waals surface area contributed by atoms with Crippen molar-refractivity contribution in [2.75, 3.05) is 12.9 Å². The van der Waals surface area contributed by atoms with Gasteiger partial charge in [-0.1, -0.05) is 55.9 Å². The van der Waals surface area contributed by atoms with Crippen LogP contribution in [0.5, 0.6) is 11.5 Å². The average molecular weight is 464 g/mol. The van der Waals surface area contributed by atoms with E-state index in [1.54, 1.807) is 24.3 Å². The number of phenols is 1. The lowest BCUT2D eigenvalue weighted by Gasteiger charge is -2.12. The number of ether oxygens (including phenoxy) is 2. The molecule has 0 bridgehead atoms. The Labute approximate surface area is 192 Å². The first-order chi connectivity index (χ1) is 15.3. The number of methoxy groups -OCH3 is 1. The Balaban J connectivity index is 0.000000578. The summed E-state index contributed by atoms with van der Waals surface area (Å²) in [6, 6.07) is 12.8. The third kappa shape index (κ3) is 10.6. The summed E-state index contributed by atoms with van der Waals surface area (Å²) in [5.74, 6) is -0.828. The predicted molar refractivity (Wildman–Crippen MR) is 124 cm³/mol. The Morgan fingerprint density at radius 3 is 2.22 bits per heavy atom. The first-order valence-electron chi connectivity index (χ1n) is 9.76. The van der Waals surface area contributed by atoms with E-state index in [4.69, 9.17) is 4.74 Å². The maximum atomic E-state index is 11.8. The minimum Gasteiger partial charge on any atom is -0.507 e. The highest BCUT2D eigenvalue weighted by molar-refractivity contribution is 8.11. The fraction of sp³-hybridized carbons (Fsp3) is 0.304. The summed E-state index contributed by atoms with van der Waals surface area (Å²) in [7, 11) is 1.22. The van der Waals surface area contributed by atoms with Crippen LogP contribution in [-0.4, -0.2) is 47.5 Å². The molecule has 0 aliphatic carbocycles. The zero-order chi connectivity index (χ0) is 24.5. The Kier molecular flexibility index (Phi) is 14.7. The quantitative estimate of drug-likeness (QED) is 0.364. The first-order valence-corrected chi connectivity index (χ1v) is 10.8. The highest BCUT2D eigenvalue weighted by Gasteiger charge is 2.19. The molecule has 1 atom stereocenters. The highest BCUT2D eigenvalue weighted by atomic mass is 32.2. The minimum atomic E-state index is -0.752. The number of amides is 1. The lowest BCUT2D eigenvalue weighted by molar-refractivity contribution is -0.144. The van der Waals surface area contributed by atoms with Crippen LogP contribution >= 0.6 is 11.8 Å². The number of thioether (sulfide) groups is 1. The van der Waals surface area contributed by atoms with Crippen molar-refractivity contribution >= 4 is 35.2 Å². The number of aromatic hydroxyl groups is 1. The van der Waals surface area contributed by atoms with Crippen LogP contribution in [0, 0.1) is 6.92 Å². The summed E-state index contributed by atoms with van der Waals surface area (Å²) in [5, 5.41) is 11.9. The smallest absolute Gasteiger partial charge is 0.347 e. The normalized spacial score (nSPS) is 10.2. The van der Waals surface area contributed by atoms with Crippen LogP contribution in [0.3, 0.4) is 0 Å². The molecule has 0 aliphatic heterocycles. The zero-order valence-electron chi connectivity index (χ0n) is 18.8. The molecule has 0 fully saturated rings. The number of benzene rings is 2. The van der Waals surface area contributed by atoms with E-state index < -0.39 is 18.0 Å². The van der Waals surface area contributed by atoms with Gasteiger partial charge < -0.3 is 19.9 Å². The van der Waals surface area contributed by atoms with E-state index in [0.29, 0.717) is 11.4 Å². The van der Waals surface area contributed by atoms with Gasteiger partial charge in [0.15, 0.2) is 5.62 Å². The van der Waals surface area contributed by atoms with Crippen molar-refractivity contribution in [2.45, 2.75) is 33.7 Å². The van der Waals surface area contributed by atoms with Crippen LogP contribution in [0.25, 0.3) is 0 Å². The summed E-state index contributed by atoms with van der Waals surface area (Å²) in [4.78, 5) is 43.4. The number of phenolic OH excluding ortho intramolecular Hbond substituents is 1. The van der Waals surface area contributed by atoms with Gasteiger partial charge in [-0.25, -0.2) is 9.59 Å². The molecule has 0 aliphatic rings. The molecule has 8 nitrogen and oxygen atoms in total. The van der Waals surface area contributed by atoms with Crippen LogP contribution in [0.4, 0.5) is 0 Å². The van der Waals surface area contributed by atoms with Crippen LogP contribution in [0.15, 0.2) is 48.5 Å². The second-order valence-electron chi connectivity index (χ2n) is 5.88. The van der Waals surface area contributed by atoms with E-state index in [2.05, 4.69) is 10.1 Å². The standard InChI is InChI=1S/C14H12O3.C7H11NO4S.C2H6/c1-10-6-2-5-9-13(10)17-14(16)11-7-3-4-8-12(11)15;1-5(10)8-6(3-13-4-9)7(11)12-2;1-2/h2-9,15H,1H3;4,6H,3H2,1-2H3,(H,8,10);1-2H3. The van der Waals surface area contributed by atoms with E-state index in [-0.39, 0.29) is 23.0 Å². The van der Waals surface area contributed by atoms with Crippen LogP contribution < -0.4 is 10.1 Å². The molecule has 2 rings (SSSR count). The summed E-state index contributed by atoms with van der Waals surface area (Å²) in [6.45, 7) is 7.15. The number of esters is 2. The lowest BCUT2D eigenvalue weighted by atomic mass is 10.2. The molecule has 174 valence electrons. The number of hydrogen-bond acceptors (Lipinski definition) is 8. The fourth-order valence-corrected chi connectivity index (χ4v) is 2.65. The van der Waals surface area contributed by atoms with Gasteiger partial charge in [0.25, 0.3) is 0 Å². The first kappa shape index (κ1) is 28.7. The average Bonchev–Trinajstić information content (AvgIpc) is 2.79. The molecule has 0 saturated heterocycles. The Hall–Kier alpha value is -3.33. The maximum absolute atomic E-state index is 11.8. The van der Waals surface area contributed by atoms with Crippen LogP contribution in [-0.2, 0) is 19.1 Å². The molecule has 0 heterocycles. The molecule has 0 spiro atoms. The number of carbonyl (C=O) groups is 4. The largest absolute Gasteiger partial charge is 0.507 e. The number of rotatable bonds is 7. The van der Waals surface area contributed by atoms with Gasteiger partial charge in [0.2, 0.25) is 5.91 Å². The van der Waals surface area contributed by atoms with Gasteiger partial charge in [0, 0.05) is 12.7 Å². The van der Waals surface area contributed by atoms with Gasteiger partial charge in [-0.15, -0.1) is 0 Å². The van der Waals surface area contributed by atoms with Gasteiger partial charge in [-0.05, 0) is 30.7 Å². The summed E-state index contributed by atoms with van der Waals surface area (Å²) >= 11 is 0.906. The van der Waals surface area contributed by atoms with Crippen molar-refractivity contribution in [1.29, 1.82) is 0 Å². The second kappa shape index (κ2) is 16.4. The third-order valence-electron chi connectivity index (χ3n) is 3.61. The topological polar surface area (TPSA) is 119 Å². The molecule has 2 aromatic carbocycles. The molecular formula is C23H29NO7S. The molecule has 9 heteroatoms. The molecule has 0 radical (unpaired) electrons. The van der Waals surface area contributed by atoms with Gasteiger partial charge in [0.1, 0.15) is 23.1 Å². The molecule has 0 saturated carbocycles. The maximum Gasteiger partial charge on any atom is 0.347 e. The van der Waals surface area contributed by atoms with Gasteiger partial charge in [0.05, 0.1) is 7.11 Å². The number of nitrogens with one attached hydrogen (secondary N) is 1. The number of carbonyl (C=O) groups excluding carboxylic acids is 4. The lowest BCUT2D eigenvalue weighted by Crippen LogP contribution is -2.42. The predicted octanol–water partition coefficient (Wildman–Crippen LogP) is 3.53. The van der Waals surface area contributed by atoms with E-state index in [0.717, 1.165) is 17.3 Å². The number of para-hydroxylation sites is 2. The molecule has 32 heavy (non-hydrogen) atoms. The molecule has 2 N–H and O–H groups in total. The Morgan fingerprint density at radius 1 is 1.09 bits per heavy atom. The number of hydrogen-bond donors (Lipinski definition) is 2.